The number of hydrogen-bond donors (Lipinski definition) is 2. The van der Waals surface area contributed by atoms with Crippen molar-refractivity contribution in [3.63, 3.8) is 0 Å². The Hall–Kier alpha value is -3.96. The zero-order valence-corrected chi connectivity index (χ0v) is 18.8. The second kappa shape index (κ2) is 8.88. The van der Waals surface area contributed by atoms with E-state index in [0.29, 0.717) is 5.75 Å². The molecule has 0 aliphatic carbocycles. The number of hydrogen-bond acceptors (Lipinski definition) is 8. The van der Waals surface area contributed by atoms with Crippen LogP contribution in [-0.2, 0) is 10.0 Å². The molecule has 0 spiro atoms. The number of para-hydroxylation sites is 1. The van der Waals surface area contributed by atoms with E-state index >= 15 is 0 Å². The zero-order valence-electron chi connectivity index (χ0n) is 17.1. The molecule has 0 saturated carbocycles. The van der Waals surface area contributed by atoms with Crippen molar-refractivity contribution in [2.45, 2.75) is 4.21 Å². The number of nitrogens with one attached hydrogen (secondary N) is 1. The number of phenolic OH excluding ortho intramolecular Hbond substituents is 1. The SMILES string of the molecule is COc1ccc(O)c(C(=O)c2cnn(C(=O)c3ccccc3NS(=O)(=O)c3cccs3)c2)c1. The molecule has 9 nitrogen and oxygen atoms in total. The van der Waals surface area contributed by atoms with Gasteiger partial charge in [-0.2, -0.15) is 5.10 Å². The van der Waals surface area contributed by atoms with Crippen molar-refractivity contribution in [3.05, 3.63) is 89.1 Å². The molecular weight excluding hydrogens is 466 g/mol. The highest BCUT2D eigenvalue weighted by Crippen LogP contribution is 2.26. The van der Waals surface area contributed by atoms with Crippen molar-refractivity contribution in [3.8, 4) is 11.5 Å². The van der Waals surface area contributed by atoms with Crippen LogP contribution in [0, 0.1) is 0 Å². The van der Waals surface area contributed by atoms with Gasteiger partial charge in [0.1, 0.15) is 15.7 Å². The zero-order chi connectivity index (χ0) is 23.6. The van der Waals surface area contributed by atoms with Crippen molar-refractivity contribution in [2.24, 2.45) is 0 Å². The Morgan fingerprint density at radius 1 is 1.09 bits per heavy atom. The number of nitrogens with zero attached hydrogens (tertiary/aromatic N) is 2. The molecule has 0 saturated heterocycles. The average Bonchev–Trinajstić information content (AvgIpc) is 3.52. The molecule has 0 unspecified atom stereocenters. The number of thiophene rings is 1. The molecule has 0 fully saturated rings. The van der Waals surface area contributed by atoms with Gasteiger partial charge in [-0.3, -0.25) is 14.3 Å². The maximum atomic E-state index is 13.1. The Balaban J connectivity index is 1.63. The van der Waals surface area contributed by atoms with E-state index in [0.717, 1.165) is 16.0 Å². The van der Waals surface area contributed by atoms with Gasteiger partial charge in [0.25, 0.3) is 15.9 Å². The monoisotopic (exact) mass is 483 g/mol. The van der Waals surface area contributed by atoms with Crippen LogP contribution >= 0.6 is 11.3 Å². The van der Waals surface area contributed by atoms with Crippen LogP contribution in [0.2, 0.25) is 0 Å². The van der Waals surface area contributed by atoms with Gasteiger partial charge in [0.05, 0.1) is 35.7 Å². The fourth-order valence-electron chi connectivity index (χ4n) is 3.02. The second-order valence-electron chi connectivity index (χ2n) is 6.77. The molecular formula is C22H17N3O6S2. The molecule has 0 radical (unpaired) electrons. The molecule has 2 aromatic heterocycles. The van der Waals surface area contributed by atoms with Gasteiger partial charge >= 0.3 is 0 Å². The molecule has 0 atom stereocenters. The second-order valence-corrected chi connectivity index (χ2v) is 9.63. The Kier molecular flexibility index (Phi) is 5.99. The maximum absolute atomic E-state index is 13.1. The van der Waals surface area contributed by atoms with E-state index in [4.69, 9.17) is 4.74 Å². The number of ether oxygens (including phenoxy) is 1. The summed E-state index contributed by atoms with van der Waals surface area (Å²) in [6, 6.07) is 13.4. The van der Waals surface area contributed by atoms with Crippen LogP contribution < -0.4 is 9.46 Å². The van der Waals surface area contributed by atoms with Crippen molar-refractivity contribution < 1.29 is 27.9 Å². The number of phenols is 1. The first-order valence-electron chi connectivity index (χ1n) is 9.46. The van der Waals surface area contributed by atoms with Gasteiger partial charge in [0.2, 0.25) is 0 Å². The lowest BCUT2D eigenvalue weighted by Crippen LogP contribution is -2.18. The minimum absolute atomic E-state index is 0.00884. The predicted molar refractivity (Wildman–Crippen MR) is 122 cm³/mol. The molecule has 0 amide bonds. The van der Waals surface area contributed by atoms with Crippen molar-refractivity contribution in [1.29, 1.82) is 0 Å². The topological polar surface area (TPSA) is 128 Å². The fraction of sp³-hybridized carbons (Fsp3) is 0.0455. The molecule has 168 valence electrons. The molecule has 2 aromatic carbocycles. The summed E-state index contributed by atoms with van der Waals surface area (Å²) in [7, 11) is -2.44. The first-order valence-corrected chi connectivity index (χ1v) is 11.8. The van der Waals surface area contributed by atoms with E-state index in [2.05, 4.69) is 9.82 Å². The third kappa shape index (κ3) is 4.49. The van der Waals surface area contributed by atoms with E-state index in [1.807, 2.05) is 0 Å². The van der Waals surface area contributed by atoms with Crippen LogP contribution in [0.3, 0.4) is 0 Å². The lowest BCUT2D eigenvalue weighted by atomic mass is 10.1. The normalized spacial score (nSPS) is 11.2. The van der Waals surface area contributed by atoms with Crippen molar-refractivity contribution >= 4 is 38.7 Å². The first kappa shape index (κ1) is 22.2. The maximum Gasteiger partial charge on any atom is 0.280 e. The van der Waals surface area contributed by atoms with Crippen LogP contribution in [0.5, 0.6) is 11.5 Å². The minimum Gasteiger partial charge on any atom is -0.507 e. The van der Waals surface area contributed by atoms with Crippen LogP contribution in [0.25, 0.3) is 0 Å². The largest absolute Gasteiger partial charge is 0.507 e. The fourth-order valence-corrected chi connectivity index (χ4v) is 5.10. The summed E-state index contributed by atoms with van der Waals surface area (Å²) >= 11 is 1.05. The summed E-state index contributed by atoms with van der Waals surface area (Å²) in [4.78, 5) is 25.9. The van der Waals surface area contributed by atoms with Gasteiger partial charge < -0.3 is 9.84 Å². The molecule has 0 bridgehead atoms. The highest BCUT2D eigenvalue weighted by Gasteiger charge is 2.22. The number of ketones is 1. The molecule has 33 heavy (non-hydrogen) atoms. The summed E-state index contributed by atoms with van der Waals surface area (Å²) in [6.07, 6.45) is 2.41. The molecule has 4 rings (SSSR count). The smallest absolute Gasteiger partial charge is 0.280 e. The number of aromatic hydroxyl groups is 1. The third-order valence-electron chi connectivity index (χ3n) is 4.66. The summed E-state index contributed by atoms with van der Waals surface area (Å²) in [6.45, 7) is 0. The lowest BCUT2D eigenvalue weighted by molar-refractivity contribution is 0.0946. The van der Waals surface area contributed by atoms with E-state index in [1.165, 1.54) is 55.9 Å². The van der Waals surface area contributed by atoms with Gasteiger partial charge in [0.15, 0.2) is 5.78 Å². The summed E-state index contributed by atoms with van der Waals surface area (Å²) < 4.78 is 33.7. The number of anilines is 1. The Morgan fingerprint density at radius 3 is 2.61 bits per heavy atom. The summed E-state index contributed by atoms with van der Waals surface area (Å²) in [5.41, 5.74) is 0.169. The minimum atomic E-state index is -3.87. The quantitative estimate of drug-likeness (QED) is 0.386. The van der Waals surface area contributed by atoms with E-state index in [-0.39, 0.29) is 32.3 Å². The Morgan fingerprint density at radius 2 is 1.88 bits per heavy atom. The highest BCUT2D eigenvalue weighted by atomic mass is 32.2. The number of benzene rings is 2. The highest BCUT2D eigenvalue weighted by molar-refractivity contribution is 7.94. The number of rotatable bonds is 7. The number of carbonyl (C=O) groups is 2. The molecule has 4 aromatic rings. The Bertz CT molecular complexity index is 1440. The lowest BCUT2D eigenvalue weighted by Gasteiger charge is -2.11. The van der Waals surface area contributed by atoms with Crippen LogP contribution in [-0.4, -0.2) is 42.1 Å². The number of carbonyl (C=O) groups excluding carboxylic acids is 2. The Labute approximate surface area is 192 Å². The van der Waals surface area contributed by atoms with Crippen LogP contribution in [0.15, 0.2) is 76.6 Å². The standard InChI is InChI=1S/C22H17N3O6S2/c1-31-15-8-9-19(26)17(11-15)21(27)14-12-23-25(13-14)22(28)16-5-2-3-6-18(16)24-33(29,30)20-7-4-10-32-20/h2-13,24,26H,1H3. The van der Waals surface area contributed by atoms with Crippen LogP contribution in [0.1, 0.15) is 26.3 Å². The predicted octanol–water partition coefficient (Wildman–Crippen LogP) is 3.38. The van der Waals surface area contributed by atoms with Gasteiger partial charge in [-0.25, -0.2) is 13.1 Å². The summed E-state index contributed by atoms with van der Waals surface area (Å²) in [5, 5.41) is 15.6. The third-order valence-corrected chi connectivity index (χ3v) is 7.43. The van der Waals surface area contributed by atoms with Gasteiger partial charge in [0, 0.05) is 6.20 Å². The number of methoxy groups -OCH3 is 1. The average molecular weight is 484 g/mol. The van der Waals surface area contributed by atoms with Crippen LogP contribution in [0.4, 0.5) is 5.69 Å². The van der Waals surface area contributed by atoms with E-state index in [1.54, 1.807) is 23.6 Å². The molecule has 0 aliphatic heterocycles. The van der Waals surface area contributed by atoms with E-state index in [9.17, 15) is 23.1 Å². The molecule has 2 heterocycles. The molecule has 11 heteroatoms. The summed E-state index contributed by atoms with van der Waals surface area (Å²) in [5.74, 6) is -1.06. The van der Waals surface area contributed by atoms with Gasteiger partial charge in [-0.1, -0.05) is 18.2 Å². The van der Waals surface area contributed by atoms with Gasteiger partial charge in [-0.05, 0) is 41.8 Å². The molecule has 2 N–H and O–H groups in total. The number of aromatic nitrogens is 2. The van der Waals surface area contributed by atoms with Gasteiger partial charge in [-0.15, -0.1) is 11.3 Å². The first-order chi connectivity index (χ1) is 15.8. The number of sulfonamides is 1. The van der Waals surface area contributed by atoms with Crippen molar-refractivity contribution in [1.82, 2.24) is 9.78 Å². The molecule has 0 aliphatic rings. The van der Waals surface area contributed by atoms with Crippen molar-refractivity contribution in [2.75, 3.05) is 11.8 Å². The van der Waals surface area contributed by atoms with E-state index < -0.39 is 21.7 Å².